The average Bonchev–Trinajstić information content (AvgIpc) is 2.37. The van der Waals surface area contributed by atoms with Crippen molar-refractivity contribution in [2.24, 2.45) is 11.8 Å². The fourth-order valence-electron chi connectivity index (χ4n) is 2.19. The Morgan fingerprint density at radius 1 is 1.24 bits per heavy atom. The number of halogens is 1. The molecule has 0 heterocycles. The van der Waals surface area contributed by atoms with E-state index in [1.807, 2.05) is 44.2 Å². The van der Waals surface area contributed by atoms with Crippen LogP contribution in [-0.2, 0) is 21.4 Å². The Kier molecular flexibility index (Phi) is 6.81. The Bertz CT molecular complexity index is 543. The maximum absolute atomic E-state index is 12.4. The molecule has 118 valence electrons. The summed E-state index contributed by atoms with van der Waals surface area (Å²) in [5.74, 6) is -0.807. The number of amides is 1. The van der Waals surface area contributed by atoms with E-state index in [1.54, 1.807) is 0 Å². The number of carbonyl (C=O) groups excluding carboxylic acids is 1. The van der Waals surface area contributed by atoms with Gasteiger partial charge in [0.25, 0.3) is 0 Å². The number of hydrogen-bond acceptors (Lipinski definition) is 3. The van der Waals surface area contributed by atoms with Crippen molar-refractivity contribution in [3.63, 3.8) is 0 Å². The molecule has 4 nitrogen and oxygen atoms in total. The quantitative estimate of drug-likeness (QED) is 0.749. The molecule has 0 aliphatic heterocycles. The Morgan fingerprint density at radius 2 is 1.86 bits per heavy atom. The first-order chi connectivity index (χ1) is 9.78. The topological polar surface area (TPSA) is 63.2 Å². The second kappa shape index (κ2) is 8.12. The molecular weight excluding hydrogens is 293 g/mol. The molecule has 1 N–H and O–H groups in total. The molecule has 0 fully saturated rings. The Morgan fingerprint density at radius 3 is 2.38 bits per heavy atom. The molecule has 0 aliphatic rings. The second-order valence-electron chi connectivity index (χ2n) is 5.55. The van der Waals surface area contributed by atoms with E-state index in [0.29, 0.717) is 18.8 Å². The van der Waals surface area contributed by atoms with Crippen LogP contribution < -0.4 is 5.32 Å². The molecule has 0 aliphatic carbocycles. The number of benzene rings is 1. The van der Waals surface area contributed by atoms with E-state index in [1.165, 1.54) is 0 Å². The predicted octanol–water partition coefficient (Wildman–Crippen LogP) is 2.31. The van der Waals surface area contributed by atoms with E-state index in [-0.39, 0.29) is 18.4 Å². The number of hydrogen-bond donors (Lipinski definition) is 1. The third-order valence-corrected chi connectivity index (χ3v) is 3.79. The molecule has 1 unspecified atom stereocenters. The van der Waals surface area contributed by atoms with Crippen molar-refractivity contribution in [1.29, 1.82) is 0 Å². The maximum atomic E-state index is 12.4. The van der Waals surface area contributed by atoms with Gasteiger partial charge >= 0.3 is 10.2 Å². The highest BCUT2D eigenvalue weighted by atomic mass is 32.3. The first-order valence-corrected chi connectivity index (χ1v) is 8.57. The van der Waals surface area contributed by atoms with Crippen LogP contribution in [0.1, 0.15) is 25.8 Å². The summed E-state index contributed by atoms with van der Waals surface area (Å²) in [6, 6.07) is 9.64. The predicted molar refractivity (Wildman–Crippen MR) is 81.0 cm³/mol. The molecular formula is C15H22FNO3S. The molecule has 1 atom stereocenters. The fourth-order valence-corrected chi connectivity index (χ4v) is 2.54. The Labute approximate surface area is 126 Å². The Balaban J connectivity index is 2.62. The monoisotopic (exact) mass is 315 g/mol. The molecule has 1 aromatic rings. The van der Waals surface area contributed by atoms with Gasteiger partial charge in [-0.2, -0.15) is 8.42 Å². The lowest BCUT2D eigenvalue weighted by Crippen LogP contribution is -2.35. The van der Waals surface area contributed by atoms with E-state index in [0.717, 1.165) is 5.56 Å². The highest BCUT2D eigenvalue weighted by molar-refractivity contribution is 7.86. The zero-order valence-corrected chi connectivity index (χ0v) is 13.2. The molecule has 0 spiro atoms. The van der Waals surface area contributed by atoms with Crippen LogP contribution in [0.5, 0.6) is 0 Å². The minimum Gasteiger partial charge on any atom is -0.355 e. The summed E-state index contributed by atoms with van der Waals surface area (Å²) in [5.41, 5.74) is 1.05. The van der Waals surface area contributed by atoms with Gasteiger partial charge in [-0.05, 0) is 24.3 Å². The summed E-state index contributed by atoms with van der Waals surface area (Å²) in [5, 5.41) is 2.51. The van der Waals surface area contributed by atoms with Crippen molar-refractivity contribution < 1.29 is 17.1 Å². The minimum atomic E-state index is -4.54. The van der Waals surface area contributed by atoms with Gasteiger partial charge in [-0.15, -0.1) is 3.89 Å². The zero-order chi connectivity index (χ0) is 15.9. The lowest BCUT2D eigenvalue weighted by Gasteiger charge is -2.18. The molecule has 21 heavy (non-hydrogen) atoms. The second-order valence-corrected chi connectivity index (χ2v) is 7.04. The van der Waals surface area contributed by atoms with Crippen LogP contribution in [-0.4, -0.2) is 26.6 Å². The van der Waals surface area contributed by atoms with Gasteiger partial charge in [0, 0.05) is 12.5 Å². The third kappa shape index (κ3) is 7.80. The summed E-state index contributed by atoms with van der Waals surface area (Å²) >= 11 is 0. The molecule has 0 radical (unpaired) electrons. The van der Waals surface area contributed by atoms with E-state index in [9.17, 15) is 17.1 Å². The zero-order valence-electron chi connectivity index (χ0n) is 12.4. The van der Waals surface area contributed by atoms with Crippen molar-refractivity contribution >= 4 is 16.1 Å². The fraction of sp³-hybridized carbons (Fsp3) is 0.533. The third-order valence-electron chi connectivity index (χ3n) is 3.10. The van der Waals surface area contributed by atoms with Gasteiger partial charge in [0.05, 0.1) is 5.75 Å². The summed E-state index contributed by atoms with van der Waals surface area (Å²) < 4.78 is 33.3. The van der Waals surface area contributed by atoms with E-state index in [4.69, 9.17) is 0 Å². The van der Waals surface area contributed by atoms with Crippen molar-refractivity contribution in [3.05, 3.63) is 35.9 Å². The van der Waals surface area contributed by atoms with Gasteiger partial charge < -0.3 is 5.32 Å². The number of carbonyl (C=O) groups is 1. The van der Waals surface area contributed by atoms with Gasteiger partial charge in [0.15, 0.2) is 0 Å². The molecule has 0 saturated heterocycles. The van der Waals surface area contributed by atoms with Gasteiger partial charge in [0.2, 0.25) is 5.91 Å². The van der Waals surface area contributed by atoms with Crippen LogP contribution in [0, 0.1) is 11.8 Å². The summed E-state index contributed by atoms with van der Waals surface area (Å²) in [6.07, 6.45) is 1.29. The van der Waals surface area contributed by atoms with Gasteiger partial charge in [-0.1, -0.05) is 44.2 Å². The smallest absolute Gasteiger partial charge is 0.304 e. The molecule has 0 saturated carbocycles. The van der Waals surface area contributed by atoms with Gasteiger partial charge in [0.1, 0.15) is 0 Å². The first-order valence-electron chi connectivity index (χ1n) is 7.02. The highest BCUT2D eigenvalue weighted by Crippen LogP contribution is 2.17. The van der Waals surface area contributed by atoms with Crippen LogP contribution in [0.3, 0.4) is 0 Å². The molecule has 1 aromatic carbocycles. The standard InChI is InChI=1S/C15H22FNO3S/c1-12(2)10-14(11-13-6-4-3-5-7-13)15(18)17-8-9-21(16,19)20/h3-7,12,14H,8-11H2,1-2H3,(H,17,18). The van der Waals surface area contributed by atoms with Crippen LogP contribution in [0.2, 0.25) is 0 Å². The number of nitrogens with one attached hydrogen (secondary N) is 1. The summed E-state index contributed by atoms with van der Waals surface area (Å²) in [4.78, 5) is 12.1. The Hall–Kier alpha value is -1.43. The lowest BCUT2D eigenvalue weighted by atomic mass is 9.90. The maximum Gasteiger partial charge on any atom is 0.304 e. The minimum absolute atomic E-state index is 0.193. The molecule has 1 amide bonds. The normalized spacial score (nSPS) is 13.1. The molecule has 0 bridgehead atoms. The lowest BCUT2D eigenvalue weighted by molar-refractivity contribution is -0.125. The van der Waals surface area contributed by atoms with Crippen molar-refractivity contribution in [1.82, 2.24) is 5.32 Å². The molecule has 6 heteroatoms. The van der Waals surface area contributed by atoms with Crippen molar-refractivity contribution in [2.75, 3.05) is 12.3 Å². The van der Waals surface area contributed by atoms with E-state index < -0.39 is 16.0 Å². The average molecular weight is 315 g/mol. The first kappa shape index (κ1) is 17.6. The number of rotatable bonds is 8. The SMILES string of the molecule is CC(C)CC(Cc1ccccc1)C(=O)NCCS(=O)(=O)F. The molecule has 0 aromatic heterocycles. The van der Waals surface area contributed by atoms with Crippen LogP contribution in [0.4, 0.5) is 3.89 Å². The van der Waals surface area contributed by atoms with E-state index in [2.05, 4.69) is 5.32 Å². The highest BCUT2D eigenvalue weighted by Gasteiger charge is 2.20. The van der Waals surface area contributed by atoms with Crippen molar-refractivity contribution in [2.45, 2.75) is 26.7 Å². The van der Waals surface area contributed by atoms with Gasteiger partial charge in [-0.3, -0.25) is 4.79 Å². The largest absolute Gasteiger partial charge is 0.355 e. The van der Waals surface area contributed by atoms with Crippen molar-refractivity contribution in [3.8, 4) is 0 Å². The summed E-state index contributed by atoms with van der Waals surface area (Å²) in [7, 11) is -4.54. The van der Waals surface area contributed by atoms with Gasteiger partial charge in [-0.25, -0.2) is 0 Å². The molecule has 1 rings (SSSR count). The van der Waals surface area contributed by atoms with Crippen LogP contribution >= 0.6 is 0 Å². The van der Waals surface area contributed by atoms with E-state index >= 15 is 0 Å². The van der Waals surface area contributed by atoms with Crippen LogP contribution in [0.25, 0.3) is 0 Å². The van der Waals surface area contributed by atoms with Crippen LogP contribution in [0.15, 0.2) is 30.3 Å². The summed E-state index contributed by atoms with van der Waals surface area (Å²) in [6.45, 7) is 3.86.